The predicted molar refractivity (Wildman–Crippen MR) is 111 cm³/mol. The van der Waals surface area contributed by atoms with E-state index in [1.807, 2.05) is 0 Å². The van der Waals surface area contributed by atoms with Crippen LogP contribution in [0.25, 0.3) is 0 Å². The highest BCUT2D eigenvalue weighted by molar-refractivity contribution is 6.39. The van der Waals surface area contributed by atoms with Crippen molar-refractivity contribution in [3.8, 4) is 0 Å². The summed E-state index contributed by atoms with van der Waals surface area (Å²) in [7, 11) is 0. The average molecular weight is 363 g/mol. The number of carbonyl (C=O) groups excluding carboxylic acids is 1. The van der Waals surface area contributed by atoms with Gasteiger partial charge in [-0.2, -0.15) is 0 Å². The molecule has 1 aliphatic rings. The van der Waals surface area contributed by atoms with Crippen molar-refractivity contribution in [3.05, 3.63) is 24.8 Å². The van der Waals surface area contributed by atoms with Crippen LogP contribution in [0.2, 0.25) is 0 Å². The van der Waals surface area contributed by atoms with Crippen LogP contribution in [-0.4, -0.2) is 24.1 Å². The van der Waals surface area contributed by atoms with Gasteiger partial charge < -0.3 is 16.4 Å². The first-order valence-electron chi connectivity index (χ1n) is 9.97. The molecule has 0 aromatic carbocycles. The SMILES string of the molecule is C=C(NCC(C)C)N[C@@H]1CCCC(CCC(=O)/C(C)=N/C=C\N)C(C)C1. The lowest BCUT2D eigenvalue weighted by atomic mass is 9.84. The summed E-state index contributed by atoms with van der Waals surface area (Å²) in [4.78, 5) is 16.2. The molecule has 0 radical (unpaired) electrons. The lowest BCUT2D eigenvalue weighted by Gasteiger charge is -2.25. The number of ketones is 1. The molecule has 0 aromatic rings. The van der Waals surface area contributed by atoms with Gasteiger partial charge in [-0.3, -0.25) is 9.79 Å². The highest BCUT2D eigenvalue weighted by Gasteiger charge is 2.26. The predicted octanol–water partition coefficient (Wildman–Crippen LogP) is 3.73. The molecule has 148 valence electrons. The van der Waals surface area contributed by atoms with Crippen LogP contribution in [0, 0.1) is 17.8 Å². The van der Waals surface area contributed by atoms with E-state index in [-0.39, 0.29) is 5.78 Å². The number of nitrogens with zero attached hydrogens (tertiary/aromatic N) is 1. The molecule has 5 heteroatoms. The maximum atomic E-state index is 12.2. The zero-order valence-corrected chi connectivity index (χ0v) is 17.1. The molecule has 0 aromatic heterocycles. The van der Waals surface area contributed by atoms with E-state index in [9.17, 15) is 4.79 Å². The molecule has 1 aliphatic carbocycles. The number of carbonyl (C=O) groups is 1. The smallest absolute Gasteiger partial charge is 0.176 e. The summed E-state index contributed by atoms with van der Waals surface area (Å²) in [6.45, 7) is 13.5. The molecule has 5 nitrogen and oxygen atoms in total. The van der Waals surface area contributed by atoms with Gasteiger partial charge in [-0.15, -0.1) is 0 Å². The summed E-state index contributed by atoms with van der Waals surface area (Å²) in [5, 5.41) is 6.93. The number of hydrogen-bond acceptors (Lipinski definition) is 5. The van der Waals surface area contributed by atoms with Crippen molar-refractivity contribution in [2.75, 3.05) is 6.54 Å². The summed E-state index contributed by atoms with van der Waals surface area (Å²) in [6.07, 6.45) is 9.02. The van der Waals surface area contributed by atoms with Gasteiger partial charge in [0, 0.05) is 31.4 Å². The Morgan fingerprint density at radius 3 is 2.77 bits per heavy atom. The molecule has 1 rings (SSSR count). The Morgan fingerprint density at radius 1 is 1.38 bits per heavy atom. The third-order valence-electron chi connectivity index (χ3n) is 5.19. The Labute approximate surface area is 159 Å². The summed E-state index contributed by atoms with van der Waals surface area (Å²) >= 11 is 0. The molecule has 26 heavy (non-hydrogen) atoms. The molecular formula is C21H38N4O. The Kier molecular flexibility index (Phi) is 10.1. The number of nitrogens with two attached hydrogens (primary N) is 1. The highest BCUT2D eigenvalue weighted by atomic mass is 16.1. The van der Waals surface area contributed by atoms with Crippen LogP contribution in [-0.2, 0) is 4.79 Å². The molecular weight excluding hydrogens is 324 g/mol. The van der Waals surface area contributed by atoms with Crippen LogP contribution >= 0.6 is 0 Å². The molecule has 0 aliphatic heterocycles. The summed E-state index contributed by atoms with van der Waals surface area (Å²) in [5.74, 6) is 2.86. The Hall–Kier alpha value is -1.78. The van der Waals surface area contributed by atoms with Crippen molar-refractivity contribution >= 4 is 11.5 Å². The summed E-state index contributed by atoms with van der Waals surface area (Å²) in [5.41, 5.74) is 5.81. The van der Waals surface area contributed by atoms with Crippen LogP contribution in [0.4, 0.5) is 0 Å². The van der Waals surface area contributed by atoms with Gasteiger partial charge in [-0.1, -0.05) is 40.2 Å². The fourth-order valence-electron chi connectivity index (χ4n) is 3.58. The van der Waals surface area contributed by atoms with E-state index in [1.165, 1.54) is 31.7 Å². The lowest BCUT2D eigenvalue weighted by molar-refractivity contribution is -0.113. The van der Waals surface area contributed by atoms with Crippen LogP contribution in [0.15, 0.2) is 29.8 Å². The maximum Gasteiger partial charge on any atom is 0.176 e. The fourth-order valence-corrected chi connectivity index (χ4v) is 3.58. The number of aliphatic imine (C=N–C) groups is 1. The standard InChI is InChI=1S/C21H38N4O/c1-15(2)14-24-18(5)25-20-8-6-7-19(16(3)13-20)9-10-21(26)17(4)23-12-11-22/h11-12,15-16,19-20,24-25H,5-10,13-14,22H2,1-4H3/b12-11-,23-17+/t16?,19?,20-/m1/s1. The van der Waals surface area contributed by atoms with E-state index in [4.69, 9.17) is 5.73 Å². The second kappa shape index (κ2) is 11.8. The first-order chi connectivity index (χ1) is 12.3. The molecule has 4 N–H and O–H groups in total. The van der Waals surface area contributed by atoms with Gasteiger partial charge in [0.15, 0.2) is 5.78 Å². The number of rotatable bonds is 10. The highest BCUT2D eigenvalue weighted by Crippen LogP contribution is 2.32. The van der Waals surface area contributed by atoms with Crippen LogP contribution in [0.1, 0.15) is 66.2 Å². The van der Waals surface area contributed by atoms with Crippen LogP contribution in [0.3, 0.4) is 0 Å². The van der Waals surface area contributed by atoms with Crippen molar-refractivity contribution in [1.82, 2.24) is 10.6 Å². The van der Waals surface area contributed by atoms with E-state index in [0.29, 0.717) is 35.9 Å². The first kappa shape index (κ1) is 22.3. The van der Waals surface area contributed by atoms with E-state index < -0.39 is 0 Å². The lowest BCUT2D eigenvalue weighted by Crippen LogP contribution is -2.36. The largest absolute Gasteiger partial charge is 0.403 e. The van der Waals surface area contributed by atoms with Gasteiger partial charge in [0.1, 0.15) is 0 Å². The molecule has 0 amide bonds. The normalized spacial score (nSPS) is 24.5. The maximum absolute atomic E-state index is 12.2. The van der Waals surface area contributed by atoms with Gasteiger partial charge in [0.05, 0.1) is 11.5 Å². The molecule has 0 bridgehead atoms. The zero-order chi connectivity index (χ0) is 19.5. The van der Waals surface area contributed by atoms with Crippen molar-refractivity contribution in [1.29, 1.82) is 0 Å². The van der Waals surface area contributed by atoms with Crippen LogP contribution < -0.4 is 16.4 Å². The van der Waals surface area contributed by atoms with E-state index >= 15 is 0 Å². The summed E-state index contributed by atoms with van der Waals surface area (Å²) < 4.78 is 0. The topological polar surface area (TPSA) is 79.5 Å². The van der Waals surface area contributed by atoms with E-state index in [0.717, 1.165) is 25.2 Å². The third-order valence-corrected chi connectivity index (χ3v) is 5.19. The van der Waals surface area contributed by atoms with Crippen LogP contribution in [0.5, 0.6) is 0 Å². The van der Waals surface area contributed by atoms with Crippen molar-refractivity contribution in [2.24, 2.45) is 28.5 Å². The minimum Gasteiger partial charge on any atom is -0.403 e. The molecule has 0 spiro atoms. The molecule has 2 unspecified atom stereocenters. The van der Waals surface area contributed by atoms with Gasteiger partial charge in [0.2, 0.25) is 0 Å². The second-order valence-electron chi connectivity index (χ2n) is 8.02. The number of nitrogens with one attached hydrogen (secondary N) is 2. The zero-order valence-electron chi connectivity index (χ0n) is 17.1. The molecule has 0 saturated heterocycles. The van der Waals surface area contributed by atoms with Gasteiger partial charge in [0.25, 0.3) is 0 Å². The monoisotopic (exact) mass is 362 g/mol. The summed E-state index contributed by atoms with van der Waals surface area (Å²) in [6, 6.07) is 0.468. The van der Waals surface area contributed by atoms with Crippen molar-refractivity contribution in [3.63, 3.8) is 0 Å². The fraction of sp³-hybridized carbons (Fsp3) is 0.714. The molecule has 3 atom stereocenters. The third kappa shape index (κ3) is 8.54. The van der Waals surface area contributed by atoms with Gasteiger partial charge >= 0.3 is 0 Å². The number of Topliss-reactive ketones (excluding diaryl/α,β-unsaturated/α-hetero) is 1. The van der Waals surface area contributed by atoms with E-state index in [1.54, 1.807) is 6.92 Å². The minimum absolute atomic E-state index is 0.125. The average Bonchev–Trinajstić information content (AvgIpc) is 2.76. The minimum atomic E-state index is 0.125. The second-order valence-corrected chi connectivity index (χ2v) is 8.02. The Bertz CT molecular complexity index is 510. The Balaban J connectivity index is 2.45. The molecule has 1 saturated carbocycles. The Morgan fingerprint density at radius 2 is 2.12 bits per heavy atom. The quantitative estimate of drug-likeness (QED) is 0.409. The van der Waals surface area contributed by atoms with E-state index in [2.05, 4.69) is 43.0 Å². The van der Waals surface area contributed by atoms with Gasteiger partial charge in [-0.05, 0) is 43.9 Å². The number of hydrogen-bond donors (Lipinski definition) is 3. The van der Waals surface area contributed by atoms with Crippen molar-refractivity contribution in [2.45, 2.75) is 72.3 Å². The van der Waals surface area contributed by atoms with Gasteiger partial charge in [-0.25, -0.2) is 0 Å². The van der Waals surface area contributed by atoms with Crippen molar-refractivity contribution < 1.29 is 4.79 Å². The molecule has 1 fully saturated rings. The molecule has 0 heterocycles. The first-order valence-corrected chi connectivity index (χ1v) is 9.97.